The summed E-state index contributed by atoms with van der Waals surface area (Å²) in [6.45, 7) is 3.65. The van der Waals surface area contributed by atoms with Crippen molar-refractivity contribution in [1.82, 2.24) is 10.1 Å². The Morgan fingerprint density at radius 2 is 2.18 bits per heavy atom. The molecule has 1 aromatic carbocycles. The van der Waals surface area contributed by atoms with E-state index in [1.54, 1.807) is 18.4 Å². The number of methoxy groups -OCH3 is 1. The number of hydrogen-bond donors (Lipinski definition) is 0. The second-order valence-corrected chi connectivity index (χ2v) is 5.76. The first-order chi connectivity index (χ1) is 10.8. The predicted octanol–water partition coefficient (Wildman–Crippen LogP) is 3.83. The van der Waals surface area contributed by atoms with Crippen LogP contribution in [0.1, 0.15) is 11.8 Å². The fourth-order valence-corrected chi connectivity index (χ4v) is 2.85. The zero-order valence-corrected chi connectivity index (χ0v) is 13.3. The molecule has 114 valence electrons. The Kier molecular flexibility index (Phi) is 4.39. The maximum atomic E-state index is 5.42. The van der Waals surface area contributed by atoms with Gasteiger partial charge in [0.2, 0.25) is 5.82 Å². The molecule has 0 saturated carbocycles. The SMILES string of the molecule is CCN(Cc1cccs1)c1nc(-c2cccc(OC)c2)no1. The van der Waals surface area contributed by atoms with Gasteiger partial charge in [-0.1, -0.05) is 23.4 Å². The third-order valence-corrected chi connectivity index (χ3v) is 4.18. The van der Waals surface area contributed by atoms with E-state index in [0.717, 1.165) is 24.4 Å². The van der Waals surface area contributed by atoms with Gasteiger partial charge in [-0.15, -0.1) is 11.3 Å². The molecular weight excluding hydrogens is 298 g/mol. The summed E-state index contributed by atoms with van der Waals surface area (Å²) in [6, 6.07) is 12.3. The van der Waals surface area contributed by atoms with Gasteiger partial charge in [0.05, 0.1) is 13.7 Å². The average Bonchev–Trinajstić information content (AvgIpc) is 3.24. The van der Waals surface area contributed by atoms with Crippen LogP contribution in [0.2, 0.25) is 0 Å². The minimum atomic E-state index is 0.536. The van der Waals surface area contributed by atoms with Gasteiger partial charge in [-0.25, -0.2) is 0 Å². The summed E-state index contributed by atoms with van der Waals surface area (Å²) in [6.07, 6.45) is 0. The highest BCUT2D eigenvalue weighted by atomic mass is 32.1. The van der Waals surface area contributed by atoms with Gasteiger partial charge in [0.25, 0.3) is 0 Å². The maximum Gasteiger partial charge on any atom is 0.324 e. The molecule has 2 aromatic heterocycles. The standard InChI is InChI=1S/C16H17N3O2S/c1-3-19(11-14-8-5-9-22-14)16-17-15(18-21-16)12-6-4-7-13(10-12)20-2/h4-10H,3,11H2,1-2H3. The van der Waals surface area contributed by atoms with Crippen molar-refractivity contribution in [3.8, 4) is 17.1 Å². The van der Waals surface area contributed by atoms with Crippen molar-refractivity contribution in [2.24, 2.45) is 0 Å². The number of benzene rings is 1. The Balaban J connectivity index is 1.82. The Labute approximate surface area is 133 Å². The zero-order valence-electron chi connectivity index (χ0n) is 12.5. The van der Waals surface area contributed by atoms with Crippen molar-refractivity contribution < 1.29 is 9.26 Å². The number of rotatable bonds is 6. The lowest BCUT2D eigenvalue weighted by Crippen LogP contribution is -2.21. The van der Waals surface area contributed by atoms with Crippen molar-refractivity contribution in [2.75, 3.05) is 18.6 Å². The molecule has 3 rings (SSSR count). The monoisotopic (exact) mass is 315 g/mol. The van der Waals surface area contributed by atoms with Crippen LogP contribution in [0.15, 0.2) is 46.3 Å². The van der Waals surface area contributed by atoms with Crippen LogP contribution in [0, 0.1) is 0 Å². The second kappa shape index (κ2) is 6.62. The number of anilines is 1. The van der Waals surface area contributed by atoms with E-state index in [2.05, 4.69) is 33.4 Å². The summed E-state index contributed by atoms with van der Waals surface area (Å²) in [5.41, 5.74) is 0.876. The molecule has 2 heterocycles. The highest BCUT2D eigenvalue weighted by Gasteiger charge is 2.15. The fourth-order valence-electron chi connectivity index (χ4n) is 2.13. The zero-order chi connectivity index (χ0) is 15.4. The summed E-state index contributed by atoms with van der Waals surface area (Å²) in [5.74, 6) is 1.34. The molecular formula is C16H17N3O2S. The molecule has 0 radical (unpaired) electrons. The topological polar surface area (TPSA) is 51.4 Å². The van der Waals surface area contributed by atoms with Gasteiger partial charge in [-0.2, -0.15) is 4.98 Å². The first-order valence-electron chi connectivity index (χ1n) is 7.05. The van der Waals surface area contributed by atoms with Gasteiger partial charge in [-0.3, -0.25) is 0 Å². The van der Waals surface area contributed by atoms with Crippen LogP contribution in [-0.4, -0.2) is 23.8 Å². The molecule has 0 aliphatic heterocycles. The van der Waals surface area contributed by atoms with E-state index in [-0.39, 0.29) is 0 Å². The number of aromatic nitrogens is 2. The maximum absolute atomic E-state index is 5.42. The molecule has 0 aliphatic carbocycles. The first-order valence-corrected chi connectivity index (χ1v) is 7.93. The van der Waals surface area contributed by atoms with Crippen LogP contribution in [0.5, 0.6) is 5.75 Å². The summed E-state index contributed by atoms with van der Waals surface area (Å²) in [4.78, 5) is 7.83. The molecule has 3 aromatic rings. The third kappa shape index (κ3) is 3.12. The Morgan fingerprint density at radius 1 is 1.27 bits per heavy atom. The van der Waals surface area contributed by atoms with E-state index in [1.807, 2.05) is 30.3 Å². The van der Waals surface area contributed by atoms with E-state index in [9.17, 15) is 0 Å². The molecule has 0 fully saturated rings. The lowest BCUT2D eigenvalue weighted by atomic mass is 10.2. The van der Waals surface area contributed by atoms with Crippen LogP contribution < -0.4 is 9.64 Å². The largest absolute Gasteiger partial charge is 0.497 e. The van der Waals surface area contributed by atoms with Crippen LogP contribution in [0.4, 0.5) is 6.01 Å². The normalized spacial score (nSPS) is 10.6. The van der Waals surface area contributed by atoms with E-state index < -0.39 is 0 Å². The van der Waals surface area contributed by atoms with Crippen LogP contribution >= 0.6 is 11.3 Å². The molecule has 0 amide bonds. The van der Waals surface area contributed by atoms with Crippen molar-refractivity contribution in [3.05, 3.63) is 46.7 Å². The van der Waals surface area contributed by atoms with Gasteiger partial charge in [0, 0.05) is 17.0 Å². The Bertz CT molecular complexity index is 725. The molecule has 0 N–H and O–H groups in total. The van der Waals surface area contributed by atoms with E-state index >= 15 is 0 Å². The molecule has 5 nitrogen and oxygen atoms in total. The summed E-state index contributed by atoms with van der Waals surface area (Å²) >= 11 is 1.72. The first kappa shape index (κ1) is 14.6. The molecule has 0 aliphatic rings. The van der Waals surface area contributed by atoms with Crippen LogP contribution in [0.3, 0.4) is 0 Å². The number of nitrogens with zero attached hydrogens (tertiary/aromatic N) is 3. The van der Waals surface area contributed by atoms with E-state index in [1.165, 1.54) is 4.88 Å². The van der Waals surface area contributed by atoms with E-state index in [4.69, 9.17) is 9.26 Å². The fraction of sp³-hybridized carbons (Fsp3) is 0.250. The van der Waals surface area contributed by atoms with Crippen molar-refractivity contribution in [3.63, 3.8) is 0 Å². The Morgan fingerprint density at radius 3 is 2.91 bits per heavy atom. The number of ether oxygens (including phenoxy) is 1. The number of thiophene rings is 1. The molecule has 6 heteroatoms. The number of hydrogen-bond acceptors (Lipinski definition) is 6. The van der Waals surface area contributed by atoms with Gasteiger partial charge >= 0.3 is 6.01 Å². The summed E-state index contributed by atoms with van der Waals surface area (Å²) in [7, 11) is 1.64. The molecule has 0 unspecified atom stereocenters. The minimum absolute atomic E-state index is 0.536. The lowest BCUT2D eigenvalue weighted by Gasteiger charge is -2.16. The molecule has 0 atom stereocenters. The minimum Gasteiger partial charge on any atom is -0.497 e. The average molecular weight is 315 g/mol. The van der Waals surface area contributed by atoms with Crippen molar-refractivity contribution >= 4 is 17.4 Å². The summed E-state index contributed by atoms with van der Waals surface area (Å²) < 4.78 is 10.6. The third-order valence-electron chi connectivity index (χ3n) is 3.32. The highest BCUT2D eigenvalue weighted by molar-refractivity contribution is 7.09. The molecule has 0 saturated heterocycles. The molecule has 22 heavy (non-hydrogen) atoms. The Hall–Kier alpha value is -2.34. The lowest BCUT2D eigenvalue weighted by molar-refractivity contribution is 0.413. The summed E-state index contributed by atoms with van der Waals surface area (Å²) in [5, 5.41) is 6.15. The van der Waals surface area contributed by atoms with Crippen molar-refractivity contribution in [2.45, 2.75) is 13.5 Å². The van der Waals surface area contributed by atoms with Crippen LogP contribution in [-0.2, 0) is 6.54 Å². The van der Waals surface area contributed by atoms with E-state index in [0.29, 0.717) is 11.8 Å². The van der Waals surface area contributed by atoms with Crippen molar-refractivity contribution in [1.29, 1.82) is 0 Å². The molecule has 0 bridgehead atoms. The van der Waals surface area contributed by atoms with Crippen LogP contribution in [0.25, 0.3) is 11.4 Å². The predicted molar refractivity (Wildman–Crippen MR) is 87.3 cm³/mol. The van der Waals surface area contributed by atoms with Gasteiger partial charge in [0.1, 0.15) is 5.75 Å². The highest BCUT2D eigenvalue weighted by Crippen LogP contribution is 2.24. The van der Waals surface area contributed by atoms with Gasteiger partial charge in [-0.05, 0) is 30.5 Å². The molecule has 0 spiro atoms. The van der Waals surface area contributed by atoms with Gasteiger partial charge in [0.15, 0.2) is 0 Å². The quantitative estimate of drug-likeness (QED) is 0.692. The second-order valence-electron chi connectivity index (χ2n) is 4.73. The van der Waals surface area contributed by atoms with Gasteiger partial charge < -0.3 is 14.2 Å². The smallest absolute Gasteiger partial charge is 0.324 e.